The first kappa shape index (κ1) is 16.0. The fourth-order valence-corrected chi connectivity index (χ4v) is 3.13. The minimum atomic E-state index is -4.41. The minimum absolute atomic E-state index is 0.0269. The van der Waals surface area contributed by atoms with E-state index in [0.29, 0.717) is 5.56 Å². The van der Waals surface area contributed by atoms with Crippen LogP contribution in [0.15, 0.2) is 36.5 Å². The Balaban J connectivity index is 2.18. The molecule has 1 atom stereocenters. The summed E-state index contributed by atoms with van der Waals surface area (Å²) in [7, 11) is 0. The van der Waals surface area contributed by atoms with Crippen LogP contribution >= 0.6 is 0 Å². The van der Waals surface area contributed by atoms with Crippen molar-refractivity contribution in [3.05, 3.63) is 53.2 Å². The summed E-state index contributed by atoms with van der Waals surface area (Å²) < 4.78 is 40.1. The molecule has 23 heavy (non-hydrogen) atoms. The van der Waals surface area contributed by atoms with Crippen LogP contribution in [0.5, 0.6) is 0 Å². The number of alkyl halides is 3. The molecule has 0 amide bonds. The van der Waals surface area contributed by atoms with Gasteiger partial charge in [0.2, 0.25) is 0 Å². The van der Waals surface area contributed by atoms with Crippen molar-refractivity contribution in [1.82, 2.24) is 10.3 Å². The van der Waals surface area contributed by atoms with Gasteiger partial charge >= 0.3 is 6.18 Å². The highest BCUT2D eigenvalue weighted by atomic mass is 19.4. The maximum absolute atomic E-state index is 13.4. The molecule has 0 bridgehead atoms. The molecule has 0 aliphatic carbocycles. The van der Waals surface area contributed by atoms with Crippen LogP contribution in [0.2, 0.25) is 0 Å². The van der Waals surface area contributed by atoms with Gasteiger partial charge in [0.25, 0.3) is 0 Å². The van der Waals surface area contributed by atoms with Gasteiger partial charge in [0, 0.05) is 17.8 Å². The molecule has 1 saturated heterocycles. The van der Waals surface area contributed by atoms with Crippen LogP contribution in [-0.4, -0.2) is 11.5 Å². The number of hydrogen-bond acceptors (Lipinski definition) is 2. The summed E-state index contributed by atoms with van der Waals surface area (Å²) in [5, 5.41) is 3.37. The van der Waals surface area contributed by atoms with Crippen LogP contribution in [0, 0.1) is 0 Å². The number of hydrogen-bond donors (Lipinski definition) is 1. The molecule has 1 N–H and O–H groups in total. The molecule has 2 heterocycles. The summed E-state index contributed by atoms with van der Waals surface area (Å²) in [5.41, 5.74) is 1.87. The monoisotopic (exact) mass is 320 g/mol. The molecule has 1 fully saturated rings. The number of nitrogens with one attached hydrogen (secondary N) is 1. The predicted molar refractivity (Wildman–Crippen MR) is 84.0 cm³/mol. The van der Waals surface area contributed by atoms with E-state index in [2.05, 4.69) is 10.3 Å². The first-order valence-electron chi connectivity index (χ1n) is 7.89. The van der Waals surface area contributed by atoms with Crippen molar-refractivity contribution in [1.29, 1.82) is 0 Å². The Hall–Kier alpha value is -1.88. The van der Waals surface area contributed by atoms with Crippen LogP contribution in [0.3, 0.4) is 0 Å². The highest BCUT2D eigenvalue weighted by molar-refractivity contribution is 5.69. The molecule has 1 unspecified atom stereocenters. The summed E-state index contributed by atoms with van der Waals surface area (Å²) >= 11 is 0. The molecule has 2 aromatic rings. The maximum atomic E-state index is 13.4. The van der Waals surface area contributed by atoms with Gasteiger partial charge in [-0.15, -0.1) is 0 Å². The van der Waals surface area contributed by atoms with Gasteiger partial charge in [0.05, 0.1) is 11.3 Å². The predicted octanol–water partition coefficient (Wildman–Crippen LogP) is 4.75. The fourth-order valence-electron chi connectivity index (χ4n) is 3.13. The Morgan fingerprint density at radius 3 is 2.74 bits per heavy atom. The molecule has 1 aromatic carbocycles. The van der Waals surface area contributed by atoms with Crippen LogP contribution in [0.25, 0.3) is 11.3 Å². The molecule has 1 aliphatic heterocycles. The number of aromatic nitrogens is 1. The lowest BCUT2D eigenvalue weighted by atomic mass is 9.92. The van der Waals surface area contributed by atoms with Crippen molar-refractivity contribution in [2.45, 2.75) is 38.4 Å². The number of nitrogens with zero attached hydrogens (tertiary/aromatic N) is 1. The number of aryl methyl sites for hydroxylation is 1. The summed E-state index contributed by atoms with van der Waals surface area (Å²) in [6, 6.07) is 8.34. The molecule has 5 heteroatoms. The first-order chi connectivity index (χ1) is 11.0. The smallest absolute Gasteiger partial charge is 0.310 e. The molecule has 1 aliphatic rings. The quantitative estimate of drug-likeness (QED) is 0.882. The zero-order chi connectivity index (χ0) is 16.4. The third-order valence-corrected chi connectivity index (χ3v) is 4.33. The van der Waals surface area contributed by atoms with Crippen molar-refractivity contribution in [2.75, 3.05) is 6.54 Å². The van der Waals surface area contributed by atoms with Gasteiger partial charge in [0.15, 0.2) is 0 Å². The Morgan fingerprint density at radius 2 is 2.09 bits per heavy atom. The van der Waals surface area contributed by atoms with E-state index in [0.717, 1.165) is 43.0 Å². The van der Waals surface area contributed by atoms with Crippen LogP contribution in [-0.2, 0) is 12.6 Å². The van der Waals surface area contributed by atoms with Gasteiger partial charge in [-0.05, 0) is 55.1 Å². The SMILES string of the molecule is CCc1ccc(C2CCCN2)c(-c2ncccc2C(F)(F)F)c1. The Labute approximate surface area is 133 Å². The van der Waals surface area contributed by atoms with Crippen molar-refractivity contribution < 1.29 is 13.2 Å². The average molecular weight is 320 g/mol. The third kappa shape index (κ3) is 3.24. The number of benzene rings is 1. The standard InChI is InChI=1S/C18H19F3N2/c1-2-12-7-8-13(16-6-4-9-22-16)14(11-12)17-15(18(19,20)21)5-3-10-23-17/h3,5,7-8,10-11,16,22H,2,4,6,9H2,1H3. The van der Waals surface area contributed by atoms with E-state index in [1.54, 1.807) is 0 Å². The lowest BCUT2D eigenvalue weighted by Crippen LogP contribution is -2.15. The highest BCUT2D eigenvalue weighted by Crippen LogP contribution is 2.39. The Bertz CT molecular complexity index is 689. The van der Waals surface area contributed by atoms with Crippen molar-refractivity contribution >= 4 is 0 Å². The van der Waals surface area contributed by atoms with Crippen LogP contribution < -0.4 is 5.32 Å². The molecule has 0 saturated carbocycles. The van der Waals surface area contributed by atoms with Crippen molar-refractivity contribution in [2.24, 2.45) is 0 Å². The van der Waals surface area contributed by atoms with E-state index in [9.17, 15) is 13.2 Å². The molecule has 0 radical (unpaired) electrons. The highest BCUT2D eigenvalue weighted by Gasteiger charge is 2.35. The number of rotatable bonds is 3. The average Bonchev–Trinajstić information content (AvgIpc) is 3.08. The summed E-state index contributed by atoms with van der Waals surface area (Å²) in [5.74, 6) is 0. The van der Waals surface area contributed by atoms with E-state index in [-0.39, 0.29) is 11.7 Å². The van der Waals surface area contributed by atoms with Gasteiger partial charge in [-0.25, -0.2) is 0 Å². The second kappa shape index (κ2) is 6.32. The first-order valence-corrected chi connectivity index (χ1v) is 7.89. The molecule has 2 nitrogen and oxygen atoms in total. The van der Waals surface area contributed by atoms with Gasteiger partial charge in [-0.2, -0.15) is 13.2 Å². The molecule has 122 valence electrons. The van der Waals surface area contributed by atoms with Gasteiger partial charge < -0.3 is 5.32 Å². The summed E-state index contributed by atoms with van der Waals surface area (Å²) in [4.78, 5) is 4.08. The zero-order valence-corrected chi connectivity index (χ0v) is 13.0. The maximum Gasteiger partial charge on any atom is 0.418 e. The lowest BCUT2D eigenvalue weighted by Gasteiger charge is -2.19. The Morgan fingerprint density at radius 1 is 1.26 bits per heavy atom. The largest absolute Gasteiger partial charge is 0.418 e. The second-order valence-corrected chi connectivity index (χ2v) is 5.82. The normalized spacial score (nSPS) is 18.3. The minimum Gasteiger partial charge on any atom is -0.310 e. The molecular formula is C18H19F3N2. The van der Waals surface area contributed by atoms with Gasteiger partial charge in [0.1, 0.15) is 0 Å². The van der Waals surface area contributed by atoms with Crippen molar-refractivity contribution in [3.8, 4) is 11.3 Å². The van der Waals surface area contributed by atoms with Crippen LogP contribution in [0.1, 0.15) is 42.5 Å². The second-order valence-electron chi connectivity index (χ2n) is 5.82. The van der Waals surface area contributed by atoms with Crippen LogP contribution in [0.4, 0.5) is 13.2 Å². The van der Waals surface area contributed by atoms with Gasteiger partial charge in [-0.3, -0.25) is 4.98 Å². The van der Waals surface area contributed by atoms with E-state index in [1.165, 1.54) is 12.3 Å². The molecule has 3 rings (SSSR count). The van der Waals surface area contributed by atoms with Crippen molar-refractivity contribution in [3.63, 3.8) is 0 Å². The topological polar surface area (TPSA) is 24.9 Å². The molecular weight excluding hydrogens is 301 g/mol. The van der Waals surface area contributed by atoms with E-state index in [4.69, 9.17) is 0 Å². The summed E-state index contributed by atoms with van der Waals surface area (Å²) in [6.45, 7) is 2.89. The Kier molecular flexibility index (Phi) is 4.39. The summed E-state index contributed by atoms with van der Waals surface area (Å²) in [6.07, 6.45) is -0.235. The fraction of sp³-hybridized carbons (Fsp3) is 0.389. The van der Waals surface area contributed by atoms with E-state index in [1.807, 2.05) is 25.1 Å². The number of pyridine rings is 1. The van der Waals surface area contributed by atoms with E-state index < -0.39 is 11.7 Å². The zero-order valence-electron chi connectivity index (χ0n) is 13.0. The molecule has 0 spiro atoms. The number of halogens is 3. The van der Waals surface area contributed by atoms with Gasteiger partial charge in [-0.1, -0.05) is 19.1 Å². The third-order valence-electron chi connectivity index (χ3n) is 4.33. The van der Waals surface area contributed by atoms with E-state index >= 15 is 0 Å². The molecule has 1 aromatic heterocycles. The lowest BCUT2D eigenvalue weighted by molar-refractivity contribution is -0.137.